The van der Waals surface area contributed by atoms with E-state index in [0.29, 0.717) is 11.6 Å². The van der Waals surface area contributed by atoms with Crippen LogP contribution in [0.5, 0.6) is 0 Å². The van der Waals surface area contributed by atoms with Crippen molar-refractivity contribution in [3.05, 3.63) is 33.9 Å². The van der Waals surface area contributed by atoms with Crippen molar-refractivity contribution in [2.24, 2.45) is 5.92 Å². The lowest BCUT2D eigenvalue weighted by Gasteiger charge is -2.12. The summed E-state index contributed by atoms with van der Waals surface area (Å²) in [6.07, 6.45) is 2.13. The summed E-state index contributed by atoms with van der Waals surface area (Å²) >= 11 is 1.84. The minimum atomic E-state index is -0.305. The second-order valence-electron chi connectivity index (χ2n) is 5.23. The van der Waals surface area contributed by atoms with Gasteiger partial charge >= 0.3 is 0 Å². The van der Waals surface area contributed by atoms with Crippen molar-refractivity contribution in [1.82, 2.24) is 0 Å². The van der Waals surface area contributed by atoms with Crippen LogP contribution in [0.4, 0.5) is 11.4 Å². The van der Waals surface area contributed by atoms with Gasteiger partial charge in [-0.2, -0.15) is 11.8 Å². The van der Waals surface area contributed by atoms with Crippen LogP contribution < -0.4 is 5.32 Å². The average molecular weight is 296 g/mol. The van der Waals surface area contributed by atoms with Crippen LogP contribution in [0.15, 0.2) is 18.2 Å². The lowest BCUT2D eigenvalue weighted by molar-refractivity contribution is -0.384. The molecule has 1 aromatic carbocycles. The molecule has 0 saturated carbocycles. The highest BCUT2D eigenvalue weighted by atomic mass is 32.2. The van der Waals surface area contributed by atoms with Gasteiger partial charge in [0.05, 0.1) is 4.92 Å². The van der Waals surface area contributed by atoms with Crippen LogP contribution in [0.1, 0.15) is 39.2 Å². The van der Waals surface area contributed by atoms with Crippen molar-refractivity contribution in [3.8, 4) is 0 Å². The van der Waals surface area contributed by atoms with Gasteiger partial charge in [0.25, 0.3) is 5.69 Å². The van der Waals surface area contributed by atoms with Gasteiger partial charge in [0.1, 0.15) is 5.69 Å². The molecule has 0 saturated heterocycles. The van der Waals surface area contributed by atoms with E-state index in [4.69, 9.17) is 0 Å². The topological polar surface area (TPSA) is 55.2 Å². The fourth-order valence-electron chi connectivity index (χ4n) is 1.81. The first-order valence-electron chi connectivity index (χ1n) is 7.14. The largest absolute Gasteiger partial charge is 0.379 e. The molecular weight excluding hydrogens is 272 g/mol. The summed E-state index contributed by atoms with van der Waals surface area (Å²) in [5, 5.41) is 14.3. The molecule has 0 aliphatic rings. The van der Waals surface area contributed by atoms with E-state index in [2.05, 4.69) is 26.1 Å². The Labute approximate surface area is 125 Å². The van der Waals surface area contributed by atoms with E-state index in [-0.39, 0.29) is 10.6 Å². The lowest BCUT2D eigenvalue weighted by Crippen LogP contribution is -2.06. The number of rotatable bonds is 9. The maximum absolute atomic E-state index is 11.1. The number of nitrogens with one attached hydrogen (secondary N) is 1. The van der Waals surface area contributed by atoms with E-state index in [9.17, 15) is 10.1 Å². The molecule has 0 atom stereocenters. The van der Waals surface area contributed by atoms with Crippen molar-refractivity contribution in [2.75, 3.05) is 17.6 Å². The van der Waals surface area contributed by atoms with Crippen molar-refractivity contribution in [2.45, 2.75) is 39.4 Å². The third kappa shape index (κ3) is 5.41. The van der Waals surface area contributed by atoms with Gasteiger partial charge < -0.3 is 5.32 Å². The SMILES string of the molecule is CCCNc1c(CSCCC(C)C)cccc1[N+](=O)[O-]. The molecule has 0 unspecified atom stereocenters. The average Bonchev–Trinajstić information content (AvgIpc) is 2.41. The van der Waals surface area contributed by atoms with E-state index >= 15 is 0 Å². The standard InChI is InChI=1S/C15H24N2O2S/c1-4-9-16-15-13(11-20-10-8-12(2)3)6-5-7-14(15)17(18)19/h5-7,12,16H,4,8-11H2,1-3H3. The van der Waals surface area contributed by atoms with Gasteiger partial charge in [0.2, 0.25) is 0 Å². The smallest absolute Gasteiger partial charge is 0.292 e. The molecule has 112 valence electrons. The van der Waals surface area contributed by atoms with Crippen LogP contribution in [0.25, 0.3) is 0 Å². The number of anilines is 1. The normalized spacial score (nSPS) is 10.8. The number of benzene rings is 1. The van der Waals surface area contributed by atoms with Crippen LogP contribution >= 0.6 is 11.8 Å². The quantitative estimate of drug-likeness (QED) is 0.408. The first-order valence-corrected chi connectivity index (χ1v) is 8.29. The minimum Gasteiger partial charge on any atom is -0.379 e. The molecular formula is C15H24N2O2S. The Hall–Kier alpha value is -1.23. The van der Waals surface area contributed by atoms with E-state index < -0.39 is 0 Å². The fraction of sp³-hybridized carbons (Fsp3) is 0.600. The summed E-state index contributed by atoms with van der Waals surface area (Å²) in [5.41, 5.74) is 1.90. The van der Waals surface area contributed by atoms with E-state index in [1.54, 1.807) is 12.1 Å². The second kappa shape index (κ2) is 8.84. The summed E-state index contributed by atoms with van der Waals surface area (Å²) in [6, 6.07) is 5.32. The Bertz CT molecular complexity index is 436. The molecule has 1 aromatic rings. The molecule has 0 aliphatic heterocycles. The highest BCUT2D eigenvalue weighted by Gasteiger charge is 2.16. The van der Waals surface area contributed by atoms with Crippen LogP contribution in [0, 0.1) is 16.0 Å². The monoisotopic (exact) mass is 296 g/mol. The molecule has 1 rings (SSSR count). The summed E-state index contributed by atoms with van der Waals surface area (Å²) < 4.78 is 0. The van der Waals surface area contributed by atoms with E-state index in [1.165, 1.54) is 6.42 Å². The van der Waals surface area contributed by atoms with Gasteiger partial charge in [0.15, 0.2) is 0 Å². The zero-order valence-corrected chi connectivity index (χ0v) is 13.3. The van der Waals surface area contributed by atoms with Crippen LogP contribution in [0.2, 0.25) is 0 Å². The molecule has 0 radical (unpaired) electrons. The number of para-hydroxylation sites is 1. The van der Waals surface area contributed by atoms with Crippen molar-refractivity contribution < 1.29 is 4.92 Å². The Kier molecular flexibility index (Phi) is 7.44. The number of nitrogens with zero attached hydrogens (tertiary/aromatic N) is 1. The Morgan fingerprint density at radius 2 is 2.15 bits per heavy atom. The maximum Gasteiger partial charge on any atom is 0.292 e. The third-order valence-electron chi connectivity index (χ3n) is 2.97. The molecule has 0 fully saturated rings. The molecule has 1 N–H and O–H groups in total. The van der Waals surface area contributed by atoms with Crippen LogP contribution in [-0.4, -0.2) is 17.2 Å². The molecule has 0 aromatic heterocycles. The van der Waals surface area contributed by atoms with Gasteiger partial charge in [-0.25, -0.2) is 0 Å². The summed E-state index contributed by atoms with van der Waals surface area (Å²) in [4.78, 5) is 10.8. The first-order chi connectivity index (χ1) is 9.56. The van der Waals surface area contributed by atoms with Crippen molar-refractivity contribution in [3.63, 3.8) is 0 Å². The zero-order valence-electron chi connectivity index (χ0n) is 12.5. The Morgan fingerprint density at radius 1 is 1.40 bits per heavy atom. The summed E-state index contributed by atoms with van der Waals surface area (Å²) in [6.45, 7) is 7.23. The third-order valence-corrected chi connectivity index (χ3v) is 4.01. The number of thioether (sulfide) groups is 1. The van der Waals surface area contributed by atoms with Crippen molar-refractivity contribution in [1.29, 1.82) is 0 Å². The minimum absolute atomic E-state index is 0.181. The Morgan fingerprint density at radius 3 is 2.75 bits per heavy atom. The number of hydrogen-bond donors (Lipinski definition) is 1. The van der Waals surface area contributed by atoms with Crippen molar-refractivity contribution >= 4 is 23.1 Å². The highest BCUT2D eigenvalue weighted by Crippen LogP contribution is 2.31. The molecule has 20 heavy (non-hydrogen) atoms. The summed E-state index contributed by atoms with van der Waals surface area (Å²) in [5.74, 6) is 2.61. The maximum atomic E-state index is 11.1. The molecule has 0 bridgehead atoms. The van der Waals surface area contributed by atoms with E-state index in [1.807, 2.05) is 17.8 Å². The molecule has 0 spiro atoms. The van der Waals surface area contributed by atoms with Gasteiger partial charge in [-0.1, -0.05) is 32.9 Å². The molecule has 0 amide bonds. The molecule has 0 aliphatic carbocycles. The number of nitro groups is 1. The van der Waals surface area contributed by atoms with Crippen LogP contribution in [0.3, 0.4) is 0 Å². The fourth-order valence-corrected chi connectivity index (χ4v) is 3.06. The number of hydrogen-bond acceptors (Lipinski definition) is 4. The molecule has 4 nitrogen and oxygen atoms in total. The summed E-state index contributed by atoms with van der Waals surface area (Å²) in [7, 11) is 0. The van der Waals surface area contributed by atoms with E-state index in [0.717, 1.165) is 30.0 Å². The van der Waals surface area contributed by atoms with Gasteiger partial charge in [-0.15, -0.1) is 0 Å². The zero-order chi connectivity index (χ0) is 15.0. The second-order valence-corrected chi connectivity index (χ2v) is 6.34. The van der Waals surface area contributed by atoms with Gasteiger partial charge in [-0.3, -0.25) is 10.1 Å². The molecule has 5 heteroatoms. The predicted molar refractivity (Wildman–Crippen MR) is 87.5 cm³/mol. The number of nitro benzene ring substituents is 1. The molecule has 0 heterocycles. The van der Waals surface area contributed by atoms with Crippen LogP contribution in [-0.2, 0) is 5.75 Å². The van der Waals surface area contributed by atoms with Gasteiger partial charge in [-0.05, 0) is 30.1 Å². The highest BCUT2D eigenvalue weighted by molar-refractivity contribution is 7.98. The lowest BCUT2D eigenvalue weighted by atomic mass is 10.1. The first kappa shape index (κ1) is 16.8. The Balaban J connectivity index is 2.77. The predicted octanol–water partition coefficient (Wildman–Crippen LogP) is 4.70. The van der Waals surface area contributed by atoms with Gasteiger partial charge in [0, 0.05) is 18.4 Å².